The highest BCUT2D eigenvalue weighted by Gasteiger charge is 2.27. The Bertz CT molecular complexity index is 380. The molecule has 1 saturated heterocycles. The molecule has 1 aliphatic rings. The van der Waals surface area contributed by atoms with Crippen LogP contribution in [0.1, 0.15) is 45.2 Å². The average Bonchev–Trinajstić information content (AvgIpc) is 2.29. The molecule has 1 fully saturated rings. The van der Waals surface area contributed by atoms with Gasteiger partial charge in [-0.05, 0) is 25.7 Å². The van der Waals surface area contributed by atoms with Crippen LogP contribution in [0.2, 0.25) is 0 Å². The predicted molar refractivity (Wildman–Crippen MR) is 68.2 cm³/mol. The van der Waals surface area contributed by atoms with Crippen molar-refractivity contribution in [3.63, 3.8) is 0 Å². The van der Waals surface area contributed by atoms with Gasteiger partial charge < -0.3 is 10.0 Å². The van der Waals surface area contributed by atoms with E-state index in [0.717, 1.165) is 37.4 Å². The van der Waals surface area contributed by atoms with E-state index in [1.807, 2.05) is 6.92 Å². The molecule has 2 heterocycles. The summed E-state index contributed by atoms with van der Waals surface area (Å²) in [6.45, 7) is 7.90. The van der Waals surface area contributed by atoms with Gasteiger partial charge in [0, 0.05) is 24.8 Å². The molecule has 0 saturated carbocycles. The van der Waals surface area contributed by atoms with Crippen molar-refractivity contribution >= 4 is 5.82 Å². The molecular weight excluding hydrogens is 214 g/mol. The third-order valence-corrected chi connectivity index (χ3v) is 3.43. The number of rotatable bonds is 2. The topological polar surface area (TPSA) is 49.2 Å². The van der Waals surface area contributed by atoms with Gasteiger partial charge in [-0.1, -0.05) is 13.8 Å². The van der Waals surface area contributed by atoms with Crippen molar-refractivity contribution < 1.29 is 5.11 Å². The summed E-state index contributed by atoms with van der Waals surface area (Å²) in [5.74, 6) is 1.41. The molecule has 1 aromatic rings. The van der Waals surface area contributed by atoms with Crippen LogP contribution in [-0.4, -0.2) is 33.8 Å². The van der Waals surface area contributed by atoms with Crippen molar-refractivity contribution in [3.8, 4) is 0 Å². The Morgan fingerprint density at radius 3 is 2.53 bits per heavy atom. The van der Waals surface area contributed by atoms with Gasteiger partial charge in [0.2, 0.25) is 0 Å². The number of piperidine rings is 1. The quantitative estimate of drug-likeness (QED) is 0.851. The Morgan fingerprint density at radius 2 is 1.94 bits per heavy atom. The first kappa shape index (κ1) is 12.3. The summed E-state index contributed by atoms with van der Waals surface area (Å²) in [5.41, 5.74) is 0.567. The monoisotopic (exact) mass is 235 g/mol. The van der Waals surface area contributed by atoms with Gasteiger partial charge in [-0.25, -0.2) is 9.97 Å². The molecule has 0 bridgehead atoms. The number of hydrogen-bond acceptors (Lipinski definition) is 4. The van der Waals surface area contributed by atoms with Crippen LogP contribution in [0.3, 0.4) is 0 Å². The van der Waals surface area contributed by atoms with E-state index in [0.29, 0.717) is 5.92 Å². The minimum Gasteiger partial charge on any atom is -0.390 e. The molecule has 4 heteroatoms. The molecule has 1 N–H and O–H groups in total. The van der Waals surface area contributed by atoms with Crippen molar-refractivity contribution in [2.45, 2.75) is 45.1 Å². The number of aliphatic hydroxyl groups is 1. The minimum absolute atomic E-state index is 0.421. The number of aromatic nitrogens is 2. The van der Waals surface area contributed by atoms with Gasteiger partial charge in [0.1, 0.15) is 12.1 Å². The summed E-state index contributed by atoms with van der Waals surface area (Å²) >= 11 is 0. The highest BCUT2D eigenvalue weighted by Crippen LogP contribution is 2.25. The maximum atomic E-state index is 9.92. The Morgan fingerprint density at radius 1 is 1.29 bits per heavy atom. The smallest absolute Gasteiger partial charge is 0.132 e. The van der Waals surface area contributed by atoms with Crippen LogP contribution in [-0.2, 0) is 0 Å². The molecule has 17 heavy (non-hydrogen) atoms. The molecule has 4 nitrogen and oxygen atoms in total. The van der Waals surface area contributed by atoms with E-state index in [1.165, 1.54) is 0 Å². The maximum Gasteiger partial charge on any atom is 0.132 e. The van der Waals surface area contributed by atoms with Gasteiger partial charge >= 0.3 is 0 Å². The first-order valence-corrected chi connectivity index (χ1v) is 6.27. The first-order valence-electron chi connectivity index (χ1n) is 6.27. The standard InChI is InChI=1S/C13H21N3O/c1-10(2)11-8-12(15-9-14-11)16-6-4-13(3,17)5-7-16/h8-10,17H,4-7H2,1-3H3. The molecule has 0 aliphatic carbocycles. The SMILES string of the molecule is CC(C)c1cc(N2CCC(C)(O)CC2)ncn1. The van der Waals surface area contributed by atoms with Crippen molar-refractivity contribution in [1.29, 1.82) is 0 Å². The van der Waals surface area contributed by atoms with Gasteiger partial charge in [0.25, 0.3) is 0 Å². The Balaban J connectivity index is 2.10. The second-order valence-electron chi connectivity index (χ2n) is 5.44. The molecular formula is C13H21N3O. The van der Waals surface area contributed by atoms with E-state index < -0.39 is 5.60 Å². The van der Waals surface area contributed by atoms with Crippen LogP contribution in [0.4, 0.5) is 5.82 Å². The lowest BCUT2D eigenvalue weighted by Crippen LogP contribution is -2.42. The fourth-order valence-electron chi connectivity index (χ4n) is 2.07. The molecule has 94 valence electrons. The van der Waals surface area contributed by atoms with E-state index in [1.54, 1.807) is 6.33 Å². The Kier molecular flexibility index (Phi) is 3.33. The summed E-state index contributed by atoms with van der Waals surface area (Å²) in [6, 6.07) is 2.06. The fraction of sp³-hybridized carbons (Fsp3) is 0.692. The Hall–Kier alpha value is -1.16. The van der Waals surface area contributed by atoms with Crippen LogP contribution in [0.25, 0.3) is 0 Å². The summed E-state index contributed by atoms with van der Waals surface area (Å²) in [5, 5.41) is 9.92. The normalized spacial score (nSPS) is 19.7. The number of hydrogen-bond donors (Lipinski definition) is 1. The number of nitrogens with zero attached hydrogens (tertiary/aromatic N) is 3. The molecule has 0 atom stereocenters. The van der Waals surface area contributed by atoms with Crippen molar-refractivity contribution in [1.82, 2.24) is 9.97 Å². The maximum absolute atomic E-state index is 9.92. The van der Waals surface area contributed by atoms with E-state index >= 15 is 0 Å². The summed E-state index contributed by atoms with van der Waals surface area (Å²) in [7, 11) is 0. The van der Waals surface area contributed by atoms with Crippen molar-refractivity contribution in [3.05, 3.63) is 18.1 Å². The van der Waals surface area contributed by atoms with Gasteiger partial charge in [-0.3, -0.25) is 0 Å². The minimum atomic E-state index is -0.510. The van der Waals surface area contributed by atoms with Gasteiger partial charge in [-0.15, -0.1) is 0 Å². The van der Waals surface area contributed by atoms with Gasteiger partial charge in [-0.2, -0.15) is 0 Å². The molecule has 0 spiro atoms. The summed E-state index contributed by atoms with van der Waals surface area (Å²) < 4.78 is 0. The zero-order valence-electron chi connectivity index (χ0n) is 10.8. The Labute approximate surface area is 103 Å². The summed E-state index contributed by atoms with van der Waals surface area (Å²) in [6.07, 6.45) is 3.24. The molecule has 1 aliphatic heterocycles. The lowest BCUT2D eigenvalue weighted by Gasteiger charge is -2.36. The third-order valence-electron chi connectivity index (χ3n) is 3.43. The zero-order valence-corrected chi connectivity index (χ0v) is 10.8. The molecule has 0 radical (unpaired) electrons. The second-order valence-corrected chi connectivity index (χ2v) is 5.44. The lowest BCUT2D eigenvalue weighted by molar-refractivity contribution is 0.0350. The van der Waals surface area contributed by atoms with Crippen LogP contribution >= 0.6 is 0 Å². The van der Waals surface area contributed by atoms with Gasteiger partial charge in [0.05, 0.1) is 5.60 Å². The molecule has 0 unspecified atom stereocenters. The zero-order chi connectivity index (χ0) is 12.5. The highest BCUT2D eigenvalue weighted by molar-refractivity contribution is 5.40. The van der Waals surface area contributed by atoms with E-state index in [2.05, 4.69) is 34.8 Å². The highest BCUT2D eigenvalue weighted by atomic mass is 16.3. The second kappa shape index (κ2) is 4.61. The molecule has 0 amide bonds. The first-order chi connectivity index (χ1) is 7.98. The summed E-state index contributed by atoms with van der Waals surface area (Å²) in [4.78, 5) is 10.8. The number of anilines is 1. The lowest BCUT2D eigenvalue weighted by atomic mass is 9.94. The average molecular weight is 235 g/mol. The molecule has 0 aromatic carbocycles. The molecule has 2 rings (SSSR count). The van der Waals surface area contributed by atoms with Crippen molar-refractivity contribution in [2.75, 3.05) is 18.0 Å². The van der Waals surface area contributed by atoms with E-state index in [-0.39, 0.29) is 0 Å². The van der Waals surface area contributed by atoms with Gasteiger partial charge in [0.15, 0.2) is 0 Å². The molecule has 1 aromatic heterocycles. The van der Waals surface area contributed by atoms with Crippen molar-refractivity contribution in [2.24, 2.45) is 0 Å². The predicted octanol–water partition coefficient (Wildman–Crippen LogP) is 1.95. The van der Waals surface area contributed by atoms with E-state index in [9.17, 15) is 5.11 Å². The van der Waals surface area contributed by atoms with Crippen LogP contribution in [0.15, 0.2) is 12.4 Å². The van der Waals surface area contributed by atoms with Crippen LogP contribution in [0, 0.1) is 0 Å². The van der Waals surface area contributed by atoms with E-state index in [4.69, 9.17) is 0 Å². The van der Waals surface area contributed by atoms with Crippen LogP contribution in [0.5, 0.6) is 0 Å². The van der Waals surface area contributed by atoms with Crippen LogP contribution < -0.4 is 4.90 Å². The fourth-order valence-corrected chi connectivity index (χ4v) is 2.07. The third kappa shape index (κ3) is 2.94. The largest absolute Gasteiger partial charge is 0.390 e.